The molecule has 3 N–H and O–H groups in total. The molecule has 21 heavy (non-hydrogen) atoms. The second kappa shape index (κ2) is 5.54. The average Bonchev–Trinajstić information content (AvgIpc) is 2.84. The van der Waals surface area contributed by atoms with Gasteiger partial charge in [-0.1, -0.05) is 57.7 Å². The average molecular weight is 284 g/mol. The molecule has 1 fully saturated rings. The predicted octanol–water partition coefficient (Wildman–Crippen LogP) is 2.30. The van der Waals surface area contributed by atoms with Crippen LogP contribution in [0, 0.1) is 28.6 Å². The summed E-state index contributed by atoms with van der Waals surface area (Å²) in [4.78, 5) is 12.4. The highest BCUT2D eigenvalue weighted by atomic mass is 16.2. The minimum absolute atomic E-state index is 0.0654. The zero-order chi connectivity index (χ0) is 15.7. The molecule has 1 saturated carbocycles. The van der Waals surface area contributed by atoms with Crippen LogP contribution in [0.2, 0.25) is 0 Å². The van der Waals surface area contributed by atoms with E-state index in [1.807, 2.05) is 24.3 Å². The van der Waals surface area contributed by atoms with Gasteiger partial charge in [0.2, 0.25) is 5.91 Å². The molecule has 3 heteroatoms. The molecule has 3 nitrogen and oxygen atoms in total. The minimum atomic E-state index is 0.0654. The van der Waals surface area contributed by atoms with E-state index in [0.717, 1.165) is 11.1 Å². The standard InChI is InChI=1S/C18H24N2O/c1-17(2)15(18(17,3)4)16(21)20-12-14-9-6-5-8-13(14)10-7-11-19/h5-6,8-9,15H,11-12,19H2,1-4H3,(H,20,21). The molecular formula is C18H24N2O. The maximum atomic E-state index is 12.4. The van der Waals surface area contributed by atoms with Crippen LogP contribution in [-0.4, -0.2) is 12.5 Å². The Bertz CT molecular complexity index is 591. The number of carbonyl (C=O) groups is 1. The van der Waals surface area contributed by atoms with Crippen LogP contribution in [0.5, 0.6) is 0 Å². The zero-order valence-electron chi connectivity index (χ0n) is 13.3. The van der Waals surface area contributed by atoms with Crippen LogP contribution in [0.25, 0.3) is 0 Å². The summed E-state index contributed by atoms with van der Waals surface area (Å²) in [5, 5.41) is 3.05. The maximum Gasteiger partial charge on any atom is 0.224 e. The first kappa shape index (κ1) is 15.6. The lowest BCUT2D eigenvalue weighted by Crippen LogP contribution is -2.27. The van der Waals surface area contributed by atoms with E-state index in [-0.39, 0.29) is 22.7 Å². The highest BCUT2D eigenvalue weighted by Crippen LogP contribution is 2.68. The number of benzene rings is 1. The van der Waals surface area contributed by atoms with Crippen molar-refractivity contribution in [2.75, 3.05) is 6.54 Å². The summed E-state index contributed by atoms with van der Waals surface area (Å²) in [6.07, 6.45) is 0. The van der Waals surface area contributed by atoms with Crippen molar-refractivity contribution >= 4 is 5.91 Å². The van der Waals surface area contributed by atoms with Crippen LogP contribution >= 0.6 is 0 Å². The Labute approximate surface area is 127 Å². The molecule has 0 unspecified atom stereocenters. The summed E-state index contributed by atoms with van der Waals surface area (Å²) in [6, 6.07) is 7.85. The van der Waals surface area contributed by atoms with Crippen LogP contribution in [-0.2, 0) is 11.3 Å². The van der Waals surface area contributed by atoms with Crippen molar-refractivity contribution in [2.45, 2.75) is 34.2 Å². The Morgan fingerprint density at radius 2 is 1.86 bits per heavy atom. The first-order valence-electron chi connectivity index (χ1n) is 7.37. The van der Waals surface area contributed by atoms with E-state index in [0.29, 0.717) is 13.1 Å². The lowest BCUT2D eigenvalue weighted by Gasteiger charge is -2.08. The van der Waals surface area contributed by atoms with Crippen LogP contribution in [0.3, 0.4) is 0 Å². The SMILES string of the molecule is CC1(C)C(C(=O)NCc2ccccc2C#CCN)C1(C)C. The van der Waals surface area contributed by atoms with Gasteiger partial charge < -0.3 is 11.1 Å². The molecule has 0 bridgehead atoms. The normalized spacial score (nSPS) is 18.5. The van der Waals surface area contributed by atoms with Crippen molar-refractivity contribution in [3.05, 3.63) is 35.4 Å². The van der Waals surface area contributed by atoms with Gasteiger partial charge in [0.05, 0.1) is 6.54 Å². The fourth-order valence-corrected chi connectivity index (χ4v) is 3.08. The fourth-order valence-electron chi connectivity index (χ4n) is 3.08. The van der Waals surface area contributed by atoms with Gasteiger partial charge in [-0.2, -0.15) is 0 Å². The smallest absolute Gasteiger partial charge is 0.224 e. The molecule has 0 spiro atoms. The molecule has 1 amide bonds. The van der Waals surface area contributed by atoms with Gasteiger partial charge in [0.1, 0.15) is 0 Å². The van der Waals surface area contributed by atoms with E-state index in [2.05, 4.69) is 44.9 Å². The number of nitrogens with one attached hydrogen (secondary N) is 1. The van der Waals surface area contributed by atoms with E-state index < -0.39 is 0 Å². The van der Waals surface area contributed by atoms with Gasteiger partial charge in [-0.15, -0.1) is 0 Å². The molecule has 0 radical (unpaired) electrons. The summed E-state index contributed by atoms with van der Waals surface area (Å²) in [7, 11) is 0. The first-order valence-corrected chi connectivity index (χ1v) is 7.37. The van der Waals surface area contributed by atoms with Gasteiger partial charge in [-0.3, -0.25) is 4.79 Å². The first-order chi connectivity index (χ1) is 9.82. The van der Waals surface area contributed by atoms with E-state index in [1.165, 1.54) is 0 Å². The number of hydrogen-bond acceptors (Lipinski definition) is 2. The Kier molecular flexibility index (Phi) is 4.11. The minimum Gasteiger partial charge on any atom is -0.352 e. The maximum absolute atomic E-state index is 12.4. The van der Waals surface area contributed by atoms with Crippen molar-refractivity contribution in [2.24, 2.45) is 22.5 Å². The molecule has 1 aliphatic rings. The molecule has 1 aliphatic carbocycles. The van der Waals surface area contributed by atoms with Gasteiger partial charge in [-0.25, -0.2) is 0 Å². The predicted molar refractivity (Wildman–Crippen MR) is 85.3 cm³/mol. The quantitative estimate of drug-likeness (QED) is 0.837. The number of nitrogens with two attached hydrogens (primary N) is 1. The Morgan fingerprint density at radius 3 is 2.43 bits per heavy atom. The van der Waals surface area contributed by atoms with E-state index in [1.54, 1.807) is 0 Å². The summed E-state index contributed by atoms with van der Waals surface area (Å²) in [5.74, 6) is 6.11. The summed E-state index contributed by atoms with van der Waals surface area (Å²) >= 11 is 0. The van der Waals surface area contributed by atoms with Gasteiger partial charge in [0.25, 0.3) is 0 Å². The van der Waals surface area contributed by atoms with Gasteiger partial charge in [0, 0.05) is 18.0 Å². The molecule has 2 rings (SSSR count). The highest BCUT2D eigenvalue weighted by molar-refractivity contribution is 5.84. The molecule has 0 saturated heterocycles. The number of amides is 1. The summed E-state index contributed by atoms with van der Waals surface area (Å²) < 4.78 is 0. The van der Waals surface area contributed by atoms with Crippen LogP contribution in [0.1, 0.15) is 38.8 Å². The Balaban J connectivity index is 2.03. The second-order valence-corrected chi connectivity index (χ2v) is 6.76. The molecule has 0 atom stereocenters. The Hall–Kier alpha value is -1.79. The lowest BCUT2D eigenvalue weighted by atomic mass is 10.0. The van der Waals surface area contributed by atoms with Crippen molar-refractivity contribution in [1.82, 2.24) is 5.32 Å². The third kappa shape index (κ3) is 2.82. The monoisotopic (exact) mass is 284 g/mol. The van der Waals surface area contributed by atoms with Gasteiger partial charge in [0.15, 0.2) is 0 Å². The Morgan fingerprint density at radius 1 is 1.24 bits per heavy atom. The number of rotatable bonds is 3. The fraction of sp³-hybridized carbons (Fsp3) is 0.500. The van der Waals surface area contributed by atoms with E-state index in [9.17, 15) is 4.79 Å². The molecule has 0 aliphatic heterocycles. The topological polar surface area (TPSA) is 55.1 Å². The summed E-state index contributed by atoms with van der Waals surface area (Å²) in [6.45, 7) is 9.45. The van der Waals surface area contributed by atoms with Crippen molar-refractivity contribution in [1.29, 1.82) is 0 Å². The zero-order valence-corrected chi connectivity index (χ0v) is 13.3. The molecular weight excluding hydrogens is 260 g/mol. The third-order valence-electron chi connectivity index (χ3n) is 5.08. The van der Waals surface area contributed by atoms with Crippen LogP contribution < -0.4 is 11.1 Å². The number of carbonyl (C=O) groups excluding carboxylic acids is 1. The summed E-state index contributed by atoms with van der Waals surface area (Å²) in [5.41, 5.74) is 7.50. The van der Waals surface area contributed by atoms with Crippen molar-refractivity contribution in [3.8, 4) is 11.8 Å². The molecule has 1 aromatic rings. The second-order valence-electron chi connectivity index (χ2n) is 6.76. The van der Waals surface area contributed by atoms with Crippen molar-refractivity contribution in [3.63, 3.8) is 0 Å². The highest BCUT2D eigenvalue weighted by Gasteiger charge is 2.68. The number of hydrogen-bond donors (Lipinski definition) is 2. The molecule has 0 heterocycles. The third-order valence-corrected chi connectivity index (χ3v) is 5.08. The largest absolute Gasteiger partial charge is 0.352 e. The molecule has 1 aromatic carbocycles. The van der Waals surface area contributed by atoms with E-state index in [4.69, 9.17) is 5.73 Å². The van der Waals surface area contributed by atoms with Crippen LogP contribution in [0.4, 0.5) is 0 Å². The van der Waals surface area contributed by atoms with Crippen LogP contribution in [0.15, 0.2) is 24.3 Å². The van der Waals surface area contributed by atoms with Gasteiger partial charge >= 0.3 is 0 Å². The molecule has 112 valence electrons. The lowest BCUT2D eigenvalue weighted by molar-refractivity contribution is -0.123. The molecule has 0 aromatic heterocycles. The van der Waals surface area contributed by atoms with Crippen molar-refractivity contribution < 1.29 is 4.79 Å². The van der Waals surface area contributed by atoms with Gasteiger partial charge in [-0.05, 0) is 22.5 Å². The van der Waals surface area contributed by atoms with E-state index >= 15 is 0 Å².